The van der Waals surface area contributed by atoms with Gasteiger partial charge in [-0.05, 0) is 79.6 Å². The van der Waals surface area contributed by atoms with E-state index in [0.717, 1.165) is 11.5 Å². The minimum absolute atomic E-state index is 0.000211. The number of thiocarbonyl (C=S) groups is 1. The molecule has 3 rings (SSSR count). The fraction of sp³-hybridized carbons (Fsp3) is 0.375. The maximum absolute atomic E-state index is 14.0. The largest absolute Gasteiger partial charge is 0.204 e. The molecule has 0 atom stereocenters. The van der Waals surface area contributed by atoms with E-state index >= 15 is 0 Å². The molecule has 0 heterocycles. The molecule has 0 amide bonds. The summed E-state index contributed by atoms with van der Waals surface area (Å²) in [6, 6.07) is 11.4. The molecule has 144 valence electrons. The van der Waals surface area contributed by atoms with Gasteiger partial charge in [0.2, 0.25) is 0 Å². The Balaban J connectivity index is 1.68. The van der Waals surface area contributed by atoms with Gasteiger partial charge in [-0.25, -0.2) is 4.39 Å². The molecule has 4 heteroatoms. The van der Waals surface area contributed by atoms with Gasteiger partial charge in [-0.2, -0.15) is 4.99 Å². The van der Waals surface area contributed by atoms with Gasteiger partial charge in [0.15, 0.2) is 5.82 Å². The topological polar surface area (TPSA) is 12.4 Å². The first kappa shape index (κ1) is 20.7. The summed E-state index contributed by atoms with van der Waals surface area (Å²) in [7, 11) is 0. The second-order valence-electron chi connectivity index (χ2n) is 7.37. The van der Waals surface area contributed by atoms with Crippen LogP contribution in [0.1, 0.15) is 68.1 Å². The van der Waals surface area contributed by atoms with E-state index in [4.69, 9.17) is 11.6 Å². The molecule has 0 aromatic heterocycles. The predicted molar refractivity (Wildman–Crippen MR) is 118 cm³/mol. The lowest BCUT2D eigenvalue weighted by molar-refractivity contribution is 0.308. The molecule has 0 bridgehead atoms. The first-order chi connectivity index (χ1) is 13.6. The van der Waals surface area contributed by atoms with Crippen molar-refractivity contribution in [3.63, 3.8) is 0 Å². The van der Waals surface area contributed by atoms with Crippen LogP contribution >= 0.6 is 23.8 Å². The van der Waals surface area contributed by atoms with Crippen molar-refractivity contribution in [2.45, 2.75) is 51.4 Å². The van der Waals surface area contributed by atoms with Gasteiger partial charge in [-0.15, -0.1) is 0 Å². The highest BCUT2D eigenvalue weighted by Crippen LogP contribution is 2.37. The average molecular weight is 412 g/mol. The van der Waals surface area contributed by atoms with Crippen LogP contribution in [-0.2, 0) is 0 Å². The predicted octanol–water partition coefficient (Wildman–Crippen LogP) is 7.69. The zero-order valence-corrected chi connectivity index (χ0v) is 17.5. The van der Waals surface area contributed by atoms with Gasteiger partial charge in [-0.3, -0.25) is 0 Å². The number of nitrogens with zero attached hydrogens (tertiary/aromatic N) is 1. The van der Waals surface area contributed by atoms with E-state index in [0.29, 0.717) is 11.5 Å². The number of benzene rings is 2. The molecule has 0 spiro atoms. The lowest BCUT2D eigenvalue weighted by Crippen LogP contribution is -2.13. The minimum Gasteiger partial charge on any atom is -0.204 e. The van der Waals surface area contributed by atoms with E-state index in [1.165, 1.54) is 50.2 Å². The lowest BCUT2D eigenvalue weighted by atomic mass is 9.77. The molecule has 1 saturated carbocycles. The quantitative estimate of drug-likeness (QED) is 0.285. The van der Waals surface area contributed by atoms with Crippen molar-refractivity contribution < 1.29 is 4.39 Å². The van der Waals surface area contributed by atoms with Crippen LogP contribution in [0.25, 0.3) is 0 Å². The van der Waals surface area contributed by atoms with Crippen LogP contribution in [-0.4, -0.2) is 5.16 Å². The van der Waals surface area contributed by atoms with Crippen molar-refractivity contribution in [3.8, 4) is 11.8 Å². The molecular formula is C24H23ClFNS. The molecule has 2 aromatic carbocycles. The third-order valence-corrected chi connectivity index (χ3v) is 5.83. The number of aliphatic imine (C=N–C) groups is 1. The monoisotopic (exact) mass is 411 g/mol. The zero-order chi connectivity index (χ0) is 19.9. The van der Waals surface area contributed by atoms with Crippen LogP contribution < -0.4 is 0 Å². The van der Waals surface area contributed by atoms with Gasteiger partial charge in [0, 0.05) is 11.1 Å². The normalized spacial score (nSPS) is 18.7. The standard InChI is InChI=1S/C24H23ClFNS/c1-2-3-17-6-10-20(11-7-17)21-12-8-18(9-13-21)4-5-19-14-22(25)24(27-16-28)23(26)15-19/h8-9,12-15,17,20H,2-3,6-7,10-11H2,1H3. The summed E-state index contributed by atoms with van der Waals surface area (Å²) in [6.45, 7) is 2.27. The molecular weight excluding hydrogens is 389 g/mol. The fourth-order valence-corrected chi connectivity index (χ4v) is 4.31. The molecule has 2 aromatic rings. The second-order valence-corrected chi connectivity index (χ2v) is 7.96. The van der Waals surface area contributed by atoms with Crippen LogP contribution in [0, 0.1) is 23.6 Å². The highest BCUT2D eigenvalue weighted by Gasteiger charge is 2.21. The fourth-order valence-electron chi connectivity index (χ4n) is 3.97. The van der Waals surface area contributed by atoms with Gasteiger partial charge in [-0.1, -0.05) is 55.3 Å². The number of hydrogen-bond donors (Lipinski definition) is 0. The summed E-state index contributed by atoms with van der Waals surface area (Å²) >= 11 is 10.6. The summed E-state index contributed by atoms with van der Waals surface area (Å²) in [5.74, 6) is 7.07. The number of rotatable bonds is 4. The van der Waals surface area contributed by atoms with E-state index in [-0.39, 0.29) is 10.7 Å². The summed E-state index contributed by atoms with van der Waals surface area (Å²) < 4.78 is 14.0. The second kappa shape index (κ2) is 9.99. The van der Waals surface area contributed by atoms with Gasteiger partial charge < -0.3 is 0 Å². The van der Waals surface area contributed by atoms with Gasteiger partial charge >= 0.3 is 0 Å². The Kier molecular flexibility index (Phi) is 7.40. The first-order valence-electron chi connectivity index (χ1n) is 9.79. The Morgan fingerprint density at radius 2 is 1.75 bits per heavy atom. The van der Waals surface area contributed by atoms with Crippen LogP contribution in [0.2, 0.25) is 5.02 Å². The Labute approximate surface area is 177 Å². The van der Waals surface area contributed by atoms with Crippen molar-refractivity contribution in [2.24, 2.45) is 10.9 Å². The van der Waals surface area contributed by atoms with Crippen LogP contribution in [0.5, 0.6) is 0 Å². The molecule has 0 saturated heterocycles. The van der Waals surface area contributed by atoms with E-state index in [1.54, 1.807) is 6.07 Å². The van der Waals surface area contributed by atoms with E-state index in [1.807, 2.05) is 12.1 Å². The molecule has 0 unspecified atom stereocenters. The Morgan fingerprint density at radius 3 is 2.36 bits per heavy atom. The van der Waals surface area contributed by atoms with Crippen molar-refractivity contribution >= 4 is 34.7 Å². The van der Waals surface area contributed by atoms with Gasteiger partial charge in [0.05, 0.1) is 10.2 Å². The van der Waals surface area contributed by atoms with Crippen molar-refractivity contribution in [2.75, 3.05) is 0 Å². The van der Waals surface area contributed by atoms with Crippen molar-refractivity contribution in [1.82, 2.24) is 0 Å². The van der Waals surface area contributed by atoms with Gasteiger partial charge in [0.25, 0.3) is 0 Å². The van der Waals surface area contributed by atoms with Crippen LogP contribution in [0.4, 0.5) is 10.1 Å². The van der Waals surface area contributed by atoms with E-state index < -0.39 is 5.82 Å². The Hall–Kier alpha value is -1.98. The Morgan fingerprint density at radius 1 is 1.07 bits per heavy atom. The van der Waals surface area contributed by atoms with E-state index in [2.05, 4.69) is 53.3 Å². The molecule has 1 aliphatic rings. The summed E-state index contributed by atoms with van der Waals surface area (Å²) in [5.41, 5.74) is 2.81. The average Bonchev–Trinajstić information content (AvgIpc) is 2.70. The maximum atomic E-state index is 14.0. The highest BCUT2D eigenvalue weighted by molar-refractivity contribution is 7.78. The third kappa shape index (κ3) is 5.30. The number of hydrogen-bond acceptors (Lipinski definition) is 2. The van der Waals surface area contributed by atoms with E-state index in [9.17, 15) is 4.39 Å². The molecule has 1 aliphatic carbocycles. The summed E-state index contributed by atoms with van der Waals surface area (Å²) in [4.78, 5) is 3.64. The van der Waals surface area contributed by atoms with Crippen LogP contribution in [0.3, 0.4) is 0 Å². The number of isothiocyanates is 1. The summed E-state index contributed by atoms with van der Waals surface area (Å²) in [6.07, 6.45) is 7.91. The molecule has 0 radical (unpaired) electrons. The Bertz CT molecular complexity index is 904. The zero-order valence-electron chi connectivity index (χ0n) is 16.0. The molecule has 1 nitrogen and oxygen atoms in total. The minimum atomic E-state index is -0.553. The lowest BCUT2D eigenvalue weighted by Gasteiger charge is -2.28. The third-order valence-electron chi connectivity index (χ3n) is 5.45. The molecule has 0 aliphatic heterocycles. The van der Waals surface area contributed by atoms with Crippen molar-refractivity contribution in [1.29, 1.82) is 0 Å². The molecule has 28 heavy (non-hydrogen) atoms. The summed E-state index contributed by atoms with van der Waals surface area (Å²) in [5, 5.41) is 2.31. The van der Waals surface area contributed by atoms with Gasteiger partial charge in [0.1, 0.15) is 5.69 Å². The van der Waals surface area contributed by atoms with Crippen LogP contribution in [0.15, 0.2) is 41.4 Å². The molecule has 0 N–H and O–H groups in total. The maximum Gasteiger partial charge on any atom is 0.152 e. The molecule has 1 fully saturated rings. The SMILES string of the molecule is CCCC1CCC(c2ccc(C#Cc3cc(F)c(N=C=S)c(Cl)c3)cc2)CC1. The number of halogens is 2. The van der Waals surface area contributed by atoms with Crippen molar-refractivity contribution in [3.05, 3.63) is 63.9 Å². The smallest absolute Gasteiger partial charge is 0.152 e. The highest BCUT2D eigenvalue weighted by atomic mass is 35.5. The first-order valence-corrected chi connectivity index (χ1v) is 10.6.